The third kappa shape index (κ3) is 3.82. The number of hydrogen-bond donors (Lipinski definition) is 3. The summed E-state index contributed by atoms with van der Waals surface area (Å²) in [5.41, 5.74) is 6.29. The molecule has 156 valence electrons. The Bertz CT molecular complexity index is 1070. The Labute approximate surface area is 178 Å². The third-order valence-corrected chi connectivity index (χ3v) is 6.63. The largest absolute Gasteiger partial charge is 0.504 e. The maximum absolute atomic E-state index is 10.6. The van der Waals surface area contributed by atoms with Gasteiger partial charge in [-0.05, 0) is 85.8 Å². The lowest BCUT2D eigenvalue weighted by molar-refractivity contribution is 0.159. The molecule has 5 rings (SSSR count). The number of hydrogen-bond acceptors (Lipinski definition) is 3. The second kappa shape index (κ2) is 8.16. The molecule has 0 aromatic heterocycles. The Kier molecular flexibility index (Phi) is 5.57. The van der Waals surface area contributed by atoms with Crippen molar-refractivity contribution in [1.29, 1.82) is 0 Å². The lowest BCUT2D eigenvalue weighted by Crippen LogP contribution is -2.02. The van der Waals surface area contributed by atoms with Crippen LogP contribution in [0.3, 0.4) is 0 Å². The van der Waals surface area contributed by atoms with Gasteiger partial charge in [-0.25, -0.2) is 0 Å². The first-order valence-corrected chi connectivity index (χ1v) is 10.7. The molecule has 3 atom stereocenters. The molecule has 3 aromatic carbocycles. The molecule has 0 saturated heterocycles. The van der Waals surface area contributed by atoms with E-state index in [2.05, 4.69) is 0 Å². The van der Waals surface area contributed by atoms with Crippen LogP contribution in [0.1, 0.15) is 36.0 Å². The van der Waals surface area contributed by atoms with Gasteiger partial charge >= 0.3 is 0 Å². The summed E-state index contributed by atoms with van der Waals surface area (Å²) in [4.78, 5) is 0. The average Bonchev–Trinajstić information content (AvgIpc) is 3.43. The number of rotatable bonds is 2. The number of aryl methyl sites for hydroxylation is 3. The van der Waals surface area contributed by atoms with E-state index < -0.39 is 0 Å². The summed E-state index contributed by atoms with van der Waals surface area (Å²) in [5.74, 6) is 1.55. The van der Waals surface area contributed by atoms with Gasteiger partial charge in [0.2, 0.25) is 0 Å². The molecule has 3 unspecified atom stereocenters. The van der Waals surface area contributed by atoms with Crippen molar-refractivity contribution in [2.24, 2.45) is 11.8 Å². The van der Waals surface area contributed by atoms with Crippen molar-refractivity contribution in [3.63, 3.8) is 0 Å². The van der Waals surface area contributed by atoms with E-state index >= 15 is 0 Å². The number of aliphatic hydroxyl groups is 1. The van der Waals surface area contributed by atoms with Gasteiger partial charge in [-0.2, -0.15) is 0 Å². The molecule has 2 aliphatic carbocycles. The van der Waals surface area contributed by atoms with Crippen molar-refractivity contribution in [1.82, 2.24) is 0 Å². The molecule has 2 fully saturated rings. The molecule has 3 aromatic rings. The number of phenolic OH excluding ortho intramolecular Hbond substituents is 2. The lowest BCUT2D eigenvalue weighted by Gasteiger charge is -2.17. The van der Waals surface area contributed by atoms with Crippen molar-refractivity contribution in [3.05, 3.63) is 71.3 Å². The average molecular weight is 403 g/mol. The predicted octanol–water partition coefficient (Wildman–Crippen LogP) is 6.13. The molecular weight excluding hydrogens is 372 g/mol. The molecule has 0 amide bonds. The van der Waals surface area contributed by atoms with Crippen LogP contribution in [0.5, 0.6) is 11.5 Å². The predicted molar refractivity (Wildman–Crippen MR) is 122 cm³/mol. The van der Waals surface area contributed by atoms with Crippen LogP contribution in [0.4, 0.5) is 0 Å². The fraction of sp³-hybridized carbons (Fsp3) is 0.333. The van der Waals surface area contributed by atoms with E-state index in [1.165, 1.54) is 12.8 Å². The summed E-state index contributed by atoms with van der Waals surface area (Å²) in [7, 11) is 0. The number of benzene rings is 3. The van der Waals surface area contributed by atoms with Gasteiger partial charge in [-0.3, -0.25) is 0 Å². The number of aliphatic hydroxyl groups excluding tert-OH is 1. The zero-order valence-corrected chi connectivity index (χ0v) is 17.9. The van der Waals surface area contributed by atoms with Gasteiger partial charge < -0.3 is 15.3 Å². The van der Waals surface area contributed by atoms with Gasteiger partial charge in [0.25, 0.3) is 0 Å². The number of phenols is 2. The summed E-state index contributed by atoms with van der Waals surface area (Å²) < 4.78 is 0. The highest BCUT2D eigenvalue weighted by atomic mass is 16.3. The van der Waals surface area contributed by atoms with Crippen LogP contribution >= 0.6 is 0 Å². The highest BCUT2D eigenvalue weighted by molar-refractivity contribution is 5.86. The SMILES string of the molecule is Cc1ccccc1-c1cc(C)c(-c2ccccc2C)c(O)c1O.OC1CCC2CC12. The maximum atomic E-state index is 10.6. The molecule has 3 N–H and O–H groups in total. The first-order valence-electron chi connectivity index (χ1n) is 10.7. The molecule has 3 nitrogen and oxygen atoms in total. The molecule has 0 heterocycles. The molecular formula is C27H30O3. The molecule has 2 aliphatic rings. The first kappa shape index (κ1) is 20.5. The summed E-state index contributed by atoms with van der Waals surface area (Å²) in [6.45, 7) is 5.96. The van der Waals surface area contributed by atoms with E-state index in [1.54, 1.807) is 0 Å². The van der Waals surface area contributed by atoms with Crippen LogP contribution in [0.25, 0.3) is 22.3 Å². The molecule has 2 saturated carbocycles. The Morgan fingerprint density at radius 2 is 1.30 bits per heavy atom. The molecule has 0 aliphatic heterocycles. The summed E-state index contributed by atoms with van der Waals surface area (Å²) in [5, 5.41) is 30.3. The summed E-state index contributed by atoms with van der Waals surface area (Å²) in [6, 6.07) is 17.7. The van der Waals surface area contributed by atoms with Crippen LogP contribution < -0.4 is 0 Å². The molecule has 3 heteroatoms. The second-order valence-electron chi connectivity index (χ2n) is 8.75. The van der Waals surface area contributed by atoms with Gasteiger partial charge in [0.1, 0.15) is 0 Å². The van der Waals surface area contributed by atoms with Gasteiger partial charge in [-0.1, -0.05) is 48.5 Å². The van der Waals surface area contributed by atoms with Crippen molar-refractivity contribution in [3.8, 4) is 33.8 Å². The zero-order chi connectivity index (χ0) is 21.4. The number of aromatic hydroxyl groups is 2. The van der Waals surface area contributed by atoms with Gasteiger partial charge in [0.05, 0.1) is 6.10 Å². The zero-order valence-electron chi connectivity index (χ0n) is 17.9. The quantitative estimate of drug-likeness (QED) is 0.452. The fourth-order valence-corrected chi connectivity index (χ4v) is 4.74. The lowest BCUT2D eigenvalue weighted by atomic mass is 9.90. The normalized spacial score (nSPS) is 21.5. The monoisotopic (exact) mass is 402 g/mol. The van der Waals surface area contributed by atoms with Crippen LogP contribution in [0, 0.1) is 32.6 Å². The van der Waals surface area contributed by atoms with Gasteiger partial charge in [-0.15, -0.1) is 0 Å². The molecule has 0 bridgehead atoms. The topological polar surface area (TPSA) is 60.7 Å². The standard InChI is InChI=1S/C21H20O2.C6H10O/c1-13-8-4-6-10-16(13)18-12-15(3)19(21(23)20(18)22)17-11-7-5-9-14(17)2;7-6-2-1-4-3-5(4)6/h4-12,22-23H,1-3H3;4-7H,1-3H2. The van der Waals surface area contributed by atoms with E-state index in [1.807, 2.05) is 75.4 Å². The highest BCUT2D eigenvalue weighted by Crippen LogP contribution is 2.51. The Hall–Kier alpha value is -2.78. The highest BCUT2D eigenvalue weighted by Gasteiger charge is 2.47. The molecule has 0 radical (unpaired) electrons. The van der Waals surface area contributed by atoms with E-state index in [4.69, 9.17) is 5.11 Å². The first-order chi connectivity index (χ1) is 14.4. The van der Waals surface area contributed by atoms with Crippen molar-refractivity contribution < 1.29 is 15.3 Å². The van der Waals surface area contributed by atoms with Crippen molar-refractivity contribution in [2.75, 3.05) is 0 Å². The fourth-order valence-electron chi connectivity index (χ4n) is 4.74. The third-order valence-electron chi connectivity index (χ3n) is 6.63. The van der Waals surface area contributed by atoms with Gasteiger partial charge in [0.15, 0.2) is 11.5 Å². The van der Waals surface area contributed by atoms with E-state index in [-0.39, 0.29) is 17.6 Å². The number of fused-ring (bicyclic) bond motifs is 1. The van der Waals surface area contributed by atoms with Crippen LogP contribution in [0.15, 0.2) is 54.6 Å². The van der Waals surface area contributed by atoms with Crippen molar-refractivity contribution >= 4 is 0 Å². The van der Waals surface area contributed by atoms with E-state index in [0.717, 1.165) is 46.1 Å². The van der Waals surface area contributed by atoms with Gasteiger partial charge in [0, 0.05) is 11.1 Å². The Balaban J connectivity index is 0.000000259. The minimum absolute atomic E-state index is 0.0578. The minimum Gasteiger partial charge on any atom is -0.504 e. The molecule has 30 heavy (non-hydrogen) atoms. The minimum atomic E-state index is -0.0665. The van der Waals surface area contributed by atoms with Crippen LogP contribution in [-0.4, -0.2) is 21.4 Å². The second-order valence-corrected chi connectivity index (χ2v) is 8.75. The smallest absolute Gasteiger partial charge is 0.166 e. The van der Waals surface area contributed by atoms with E-state index in [9.17, 15) is 10.2 Å². The van der Waals surface area contributed by atoms with Crippen LogP contribution in [-0.2, 0) is 0 Å². The summed E-state index contributed by atoms with van der Waals surface area (Å²) >= 11 is 0. The Morgan fingerprint density at radius 3 is 1.77 bits per heavy atom. The molecule has 0 spiro atoms. The van der Waals surface area contributed by atoms with Crippen molar-refractivity contribution in [2.45, 2.75) is 46.1 Å². The maximum Gasteiger partial charge on any atom is 0.166 e. The summed E-state index contributed by atoms with van der Waals surface area (Å²) in [6.07, 6.45) is 3.78. The Morgan fingerprint density at radius 1 is 0.700 bits per heavy atom. The van der Waals surface area contributed by atoms with Crippen LogP contribution in [0.2, 0.25) is 0 Å². The van der Waals surface area contributed by atoms with E-state index in [0.29, 0.717) is 11.1 Å².